The highest BCUT2D eigenvalue weighted by Crippen LogP contribution is 2.22. The normalized spacial score (nSPS) is 12.4. The SMILES string of the molecule is CCCN(CCC)CCCCN(C=O)Cc1ccc(CN(Cc2ncc[nH]2)C(C)c2ncc[nH]2)cc1. The molecule has 1 aromatic carbocycles. The summed E-state index contributed by atoms with van der Waals surface area (Å²) in [6.45, 7) is 13.0. The number of nitrogens with zero attached hydrogens (tertiary/aromatic N) is 5. The summed E-state index contributed by atoms with van der Waals surface area (Å²) in [6, 6.07) is 8.71. The highest BCUT2D eigenvalue weighted by atomic mass is 16.1. The van der Waals surface area contributed by atoms with E-state index in [-0.39, 0.29) is 6.04 Å². The van der Waals surface area contributed by atoms with E-state index in [1.165, 1.54) is 18.4 Å². The Labute approximate surface area is 216 Å². The summed E-state index contributed by atoms with van der Waals surface area (Å²) in [6.07, 6.45) is 12.8. The smallest absolute Gasteiger partial charge is 0.210 e. The van der Waals surface area contributed by atoms with Gasteiger partial charge in [0.1, 0.15) is 11.6 Å². The van der Waals surface area contributed by atoms with E-state index in [4.69, 9.17) is 0 Å². The van der Waals surface area contributed by atoms with Gasteiger partial charge in [-0.1, -0.05) is 38.1 Å². The molecule has 3 aromatic rings. The van der Waals surface area contributed by atoms with Crippen LogP contribution in [-0.4, -0.2) is 67.2 Å². The molecule has 2 aromatic heterocycles. The van der Waals surface area contributed by atoms with E-state index >= 15 is 0 Å². The van der Waals surface area contributed by atoms with E-state index in [0.29, 0.717) is 13.1 Å². The third-order valence-corrected chi connectivity index (χ3v) is 6.56. The van der Waals surface area contributed by atoms with Gasteiger partial charge in [0.25, 0.3) is 0 Å². The number of nitrogens with one attached hydrogen (secondary N) is 2. The van der Waals surface area contributed by atoms with Crippen LogP contribution in [0.2, 0.25) is 0 Å². The maximum absolute atomic E-state index is 11.7. The van der Waals surface area contributed by atoms with Crippen LogP contribution in [-0.2, 0) is 24.4 Å². The van der Waals surface area contributed by atoms with Crippen molar-refractivity contribution in [2.75, 3.05) is 26.2 Å². The van der Waals surface area contributed by atoms with Crippen LogP contribution >= 0.6 is 0 Å². The molecule has 36 heavy (non-hydrogen) atoms. The van der Waals surface area contributed by atoms with Gasteiger partial charge in [0.05, 0.1) is 12.6 Å². The molecule has 0 saturated carbocycles. The van der Waals surface area contributed by atoms with E-state index in [0.717, 1.165) is 69.2 Å². The predicted octanol–water partition coefficient (Wildman–Crippen LogP) is 4.76. The molecule has 0 bridgehead atoms. The van der Waals surface area contributed by atoms with Gasteiger partial charge in [0.15, 0.2) is 0 Å². The molecule has 1 unspecified atom stereocenters. The van der Waals surface area contributed by atoms with Crippen LogP contribution in [0.25, 0.3) is 0 Å². The number of aromatic nitrogens is 4. The largest absolute Gasteiger partial charge is 0.348 e. The lowest BCUT2D eigenvalue weighted by atomic mass is 10.1. The summed E-state index contributed by atoms with van der Waals surface area (Å²) in [5.74, 6) is 1.87. The molecule has 8 heteroatoms. The lowest BCUT2D eigenvalue weighted by Gasteiger charge is -2.27. The number of unbranched alkanes of at least 4 members (excludes halogenated alkanes) is 1. The number of rotatable bonds is 18. The summed E-state index contributed by atoms with van der Waals surface area (Å²) < 4.78 is 0. The Bertz CT molecular complexity index is 950. The van der Waals surface area contributed by atoms with Crippen molar-refractivity contribution >= 4 is 6.41 Å². The molecular formula is C28H43N7O. The Morgan fingerprint density at radius 2 is 1.47 bits per heavy atom. The molecule has 0 aliphatic carbocycles. The zero-order chi connectivity index (χ0) is 25.6. The first-order valence-electron chi connectivity index (χ1n) is 13.3. The molecule has 3 rings (SSSR count). The summed E-state index contributed by atoms with van der Waals surface area (Å²) in [7, 11) is 0. The zero-order valence-electron chi connectivity index (χ0n) is 22.2. The van der Waals surface area contributed by atoms with Crippen molar-refractivity contribution in [1.82, 2.24) is 34.6 Å². The highest BCUT2D eigenvalue weighted by Gasteiger charge is 2.19. The second-order valence-electron chi connectivity index (χ2n) is 9.53. The van der Waals surface area contributed by atoms with Crippen molar-refractivity contribution in [3.05, 3.63) is 71.8 Å². The van der Waals surface area contributed by atoms with E-state index < -0.39 is 0 Å². The van der Waals surface area contributed by atoms with Gasteiger partial charge in [-0.3, -0.25) is 9.69 Å². The first-order valence-corrected chi connectivity index (χ1v) is 13.3. The molecule has 0 aliphatic heterocycles. The van der Waals surface area contributed by atoms with Crippen LogP contribution in [0.1, 0.15) is 75.3 Å². The molecule has 2 N–H and O–H groups in total. The summed E-state index contributed by atoms with van der Waals surface area (Å²) in [4.78, 5) is 33.7. The number of hydrogen-bond acceptors (Lipinski definition) is 5. The summed E-state index contributed by atoms with van der Waals surface area (Å²) in [5.41, 5.74) is 2.37. The molecule has 0 spiro atoms. The first kappa shape index (κ1) is 27.6. The summed E-state index contributed by atoms with van der Waals surface area (Å²) >= 11 is 0. The number of imidazole rings is 2. The van der Waals surface area contributed by atoms with Crippen molar-refractivity contribution in [2.24, 2.45) is 0 Å². The van der Waals surface area contributed by atoms with E-state index in [9.17, 15) is 4.79 Å². The van der Waals surface area contributed by atoms with Gasteiger partial charge in [-0.15, -0.1) is 0 Å². The van der Waals surface area contributed by atoms with Crippen LogP contribution in [0.3, 0.4) is 0 Å². The van der Waals surface area contributed by atoms with Gasteiger partial charge in [-0.2, -0.15) is 0 Å². The first-order chi connectivity index (χ1) is 17.6. The van der Waals surface area contributed by atoms with Gasteiger partial charge in [0, 0.05) is 44.4 Å². The van der Waals surface area contributed by atoms with E-state index in [2.05, 4.69) is 74.8 Å². The minimum Gasteiger partial charge on any atom is -0.348 e. The van der Waals surface area contributed by atoms with Crippen molar-refractivity contribution in [1.29, 1.82) is 0 Å². The maximum Gasteiger partial charge on any atom is 0.210 e. The molecule has 0 radical (unpaired) electrons. The molecule has 1 amide bonds. The number of benzene rings is 1. The fraction of sp³-hybridized carbons (Fsp3) is 0.536. The number of hydrogen-bond donors (Lipinski definition) is 2. The maximum atomic E-state index is 11.7. The van der Waals surface area contributed by atoms with Crippen molar-refractivity contribution < 1.29 is 4.79 Å². The molecule has 0 saturated heterocycles. The Kier molecular flexibility index (Phi) is 11.7. The van der Waals surface area contributed by atoms with Gasteiger partial charge < -0.3 is 19.8 Å². The van der Waals surface area contributed by atoms with Crippen LogP contribution in [0.15, 0.2) is 49.1 Å². The van der Waals surface area contributed by atoms with E-state index in [1.54, 1.807) is 12.4 Å². The molecule has 0 aliphatic rings. The van der Waals surface area contributed by atoms with E-state index in [1.807, 2.05) is 17.3 Å². The van der Waals surface area contributed by atoms with Crippen molar-refractivity contribution in [3.8, 4) is 0 Å². The Balaban J connectivity index is 1.52. The topological polar surface area (TPSA) is 84.2 Å². The van der Waals surface area contributed by atoms with Gasteiger partial charge in [-0.05, 0) is 63.4 Å². The average Bonchev–Trinajstić information content (AvgIpc) is 3.61. The number of amides is 1. The Morgan fingerprint density at radius 3 is 2.06 bits per heavy atom. The Hall–Kier alpha value is -2.97. The monoisotopic (exact) mass is 493 g/mol. The molecular weight excluding hydrogens is 450 g/mol. The van der Waals surface area contributed by atoms with Crippen molar-refractivity contribution in [2.45, 2.75) is 72.1 Å². The van der Waals surface area contributed by atoms with Crippen LogP contribution in [0.4, 0.5) is 0 Å². The molecule has 1 atom stereocenters. The predicted molar refractivity (Wildman–Crippen MR) is 144 cm³/mol. The van der Waals surface area contributed by atoms with Gasteiger partial charge in [-0.25, -0.2) is 9.97 Å². The molecule has 2 heterocycles. The standard InChI is InChI=1S/C28H43N7O/c1-4-16-33(17-5-2)18-6-7-19-34(23-36)20-25-8-10-26(11-9-25)21-35(22-27-29-12-13-30-27)24(3)28-31-14-15-32-28/h8-15,23-24H,4-7,16-22H2,1-3H3,(H,29,30)(H,31,32). The zero-order valence-corrected chi connectivity index (χ0v) is 22.2. The molecule has 8 nitrogen and oxygen atoms in total. The minimum absolute atomic E-state index is 0.112. The fourth-order valence-corrected chi connectivity index (χ4v) is 4.59. The third-order valence-electron chi connectivity index (χ3n) is 6.56. The lowest BCUT2D eigenvalue weighted by molar-refractivity contribution is -0.118. The average molecular weight is 494 g/mol. The van der Waals surface area contributed by atoms with Crippen LogP contribution in [0, 0.1) is 0 Å². The number of H-pyrrole nitrogens is 2. The quantitative estimate of drug-likeness (QED) is 0.197. The van der Waals surface area contributed by atoms with Crippen LogP contribution in [0.5, 0.6) is 0 Å². The third kappa shape index (κ3) is 8.91. The minimum atomic E-state index is 0.112. The number of carbonyl (C=O) groups is 1. The summed E-state index contributed by atoms with van der Waals surface area (Å²) in [5, 5.41) is 0. The number of carbonyl (C=O) groups excluding carboxylic acids is 1. The van der Waals surface area contributed by atoms with Gasteiger partial charge >= 0.3 is 0 Å². The highest BCUT2D eigenvalue weighted by molar-refractivity contribution is 5.47. The second kappa shape index (κ2) is 15.2. The molecule has 196 valence electrons. The van der Waals surface area contributed by atoms with Crippen LogP contribution < -0.4 is 0 Å². The lowest BCUT2D eigenvalue weighted by Crippen LogP contribution is -2.28. The Morgan fingerprint density at radius 1 is 0.833 bits per heavy atom. The molecule has 0 fully saturated rings. The van der Waals surface area contributed by atoms with Crippen molar-refractivity contribution in [3.63, 3.8) is 0 Å². The second-order valence-corrected chi connectivity index (χ2v) is 9.53. The number of aromatic amines is 2. The van der Waals surface area contributed by atoms with Gasteiger partial charge in [0.2, 0.25) is 6.41 Å². The fourth-order valence-electron chi connectivity index (χ4n) is 4.59.